The van der Waals surface area contributed by atoms with Crippen molar-refractivity contribution in [2.75, 3.05) is 12.4 Å². The van der Waals surface area contributed by atoms with Crippen LogP contribution in [0.2, 0.25) is 0 Å². The topological polar surface area (TPSA) is 95.9 Å². The third kappa shape index (κ3) is 2.78. The Morgan fingerprint density at radius 1 is 1.50 bits per heavy atom. The van der Waals surface area contributed by atoms with E-state index in [9.17, 15) is 9.59 Å². The maximum Gasteiger partial charge on any atom is 0.323 e. The number of amides is 2. The Morgan fingerprint density at radius 2 is 2.33 bits per heavy atom. The Bertz CT molecular complexity index is 954. The Kier molecular flexibility index (Phi) is 3.57. The van der Waals surface area contributed by atoms with Gasteiger partial charge in [-0.25, -0.2) is 14.5 Å². The van der Waals surface area contributed by atoms with E-state index < -0.39 is 0 Å². The molecule has 3 aromatic heterocycles. The molecular formula is C15H16N6O2S. The van der Waals surface area contributed by atoms with Crippen LogP contribution < -0.4 is 10.9 Å². The average Bonchev–Trinajstić information content (AvgIpc) is 3.09. The molecule has 1 saturated carbocycles. The van der Waals surface area contributed by atoms with E-state index in [0.29, 0.717) is 27.9 Å². The Labute approximate surface area is 141 Å². The molecule has 3 heterocycles. The molecular weight excluding hydrogens is 328 g/mol. The number of urea groups is 1. The first-order chi connectivity index (χ1) is 11.6. The summed E-state index contributed by atoms with van der Waals surface area (Å²) in [5, 5.41) is 8.91. The lowest BCUT2D eigenvalue weighted by molar-refractivity contribution is 0.219. The number of carbonyl (C=O) groups excluding carboxylic acids is 1. The molecule has 0 saturated heterocycles. The molecule has 9 heteroatoms. The van der Waals surface area contributed by atoms with Gasteiger partial charge in [-0.2, -0.15) is 5.10 Å². The zero-order valence-corrected chi connectivity index (χ0v) is 13.8. The molecule has 8 nitrogen and oxygen atoms in total. The second-order valence-corrected chi connectivity index (χ2v) is 6.74. The highest BCUT2D eigenvalue weighted by atomic mass is 32.1. The van der Waals surface area contributed by atoms with Gasteiger partial charge < -0.3 is 9.88 Å². The number of hydrogen-bond acceptors (Lipinski definition) is 5. The van der Waals surface area contributed by atoms with Crippen LogP contribution in [0, 0.1) is 0 Å². The van der Waals surface area contributed by atoms with Crippen LogP contribution in [0.3, 0.4) is 0 Å². The summed E-state index contributed by atoms with van der Waals surface area (Å²) in [6.45, 7) is 0.213. The van der Waals surface area contributed by atoms with Gasteiger partial charge in [0.05, 0.1) is 24.3 Å². The first-order valence-corrected chi connectivity index (χ1v) is 8.52. The number of fused-ring (bicyclic) bond motifs is 1. The zero-order valence-electron chi connectivity index (χ0n) is 13.0. The van der Waals surface area contributed by atoms with Crippen molar-refractivity contribution in [3.05, 3.63) is 39.9 Å². The van der Waals surface area contributed by atoms with Crippen LogP contribution in [0.1, 0.15) is 24.7 Å². The normalized spacial score (nSPS) is 14.0. The van der Waals surface area contributed by atoms with E-state index in [1.807, 2.05) is 10.1 Å². The van der Waals surface area contributed by atoms with Crippen molar-refractivity contribution >= 4 is 33.4 Å². The van der Waals surface area contributed by atoms with Gasteiger partial charge in [0.1, 0.15) is 16.3 Å². The second-order valence-electron chi connectivity index (χ2n) is 5.83. The number of anilines is 1. The van der Waals surface area contributed by atoms with Crippen LogP contribution in [0.5, 0.6) is 0 Å². The number of carbonyl (C=O) groups is 1. The second kappa shape index (κ2) is 5.75. The largest absolute Gasteiger partial charge is 0.323 e. The van der Waals surface area contributed by atoms with Crippen LogP contribution in [0.4, 0.5) is 10.6 Å². The molecule has 2 amide bonds. The molecule has 0 spiro atoms. The maximum absolute atomic E-state index is 12.4. The number of aromatic nitrogens is 4. The molecule has 0 unspecified atom stereocenters. The lowest BCUT2D eigenvalue weighted by Crippen LogP contribution is -2.32. The van der Waals surface area contributed by atoms with Crippen LogP contribution in [-0.2, 0) is 6.54 Å². The Balaban J connectivity index is 1.48. The minimum atomic E-state index is -0.273. The number of aromatic amines is 1. The summed E-state index contributed by atoms with van der Waals surface area (Å²) in [4.78, 5) is 32.9. The fraction of sp³-hybridized carbons (Fsp3) is 0.333. The molecule has 1 aliphatic rings. The summed E-state index contributed by atoms with van der Waals surface area (Å²) in [5.41, 5.74) is 0.477. The summed E-state index contributed by atoms with van der Waals surface area (Å²) >= 11 is 1.35. The molecule has 1 fully saturated rings. The monoisotopic (exact) mass is 344 g/mol. The molecule has 2 N–H and O–H groups in total. The summed E-state index contributed by atoms with van der Waals surface area (Å²) in [6, 6.07) is 3.69. The quantitative estimate of drug-likeness (QED) is 0.758. The number of nitrogens with zero attached hydrogens (tertiary/aromatic N) is 4. The van der Waals surface area contributed by atoms with Gasteiger partial charge in [-0.3, -0.25) is 10.1 Å². The summed E-state index contributed by atoms with van der Waals surface area (Å²) in [5.74, 6) is 1.14. The smallest absolute Gasteiger partial charge is 0.320 e. The maximum atomic E-state index is 12.4. The van der Waals surface area contributed by atoms with E-state index in [1.165, 1.54) is 16.2 Å². The number of nitrogens with one attached hydrogen (secondary N) is 2. The van der Waals surface area contributed by atoms with Crippen molar-refractivity contribution < 1.29 is 4.79 Å². The predicted octanol–water partition coefficient (Wildman–Crippen LogP) is 2.18. The van der Waals surface area contributed by atoms with Gasteiger partial charge in [-0.1, -0.05) is 0 Å². The van der Waals surface area contributed by atoms with Crippen molar-refractivity contribution in [1.29, 1.82) is 0 Å². The van der Waals surface area contributed by atoms with Crippen molar-refractivity contribution in [2.45, 2.75) is 25.4 Å². The summed E-state index contributed by atoms with van der Waals surface area (Å²) in [7, 11) is 1.66. The van der Waals surface area contributed by atoms with E-state index >= 15 is 0 Å². The van der Waals surface area contributed by atoms with Crippen molar-refractivity contribution in [3.8, 4) is 0 Å². The van der Waals surface area contributed by atoms with Crippen LogP contribution in [-0.4, -0.2) is 37.7 Å². The molecule has 0 radical (unpaired) electrons. The highest BCUT2D eigenvalue weighted by Crippen LogP contribution is 2.36. The van der Waals surface area contributed by atoms with E-state index in [0.717, 1.165) is 12.8 Å². The van der Waals surface area contributed by atoms with Gasteiger partial charge in [0.25, 0.3) is 5.56 Å². The van der Waals surface area contributed by atoms with Crippen molar-refractivity contribution in [2.24, 2.45) is 0 Å². The highest BCUT2D eigenvalue weighted by molar-refractivity contribution is 7.17. The Morgan fingerprint density at radius 3 is 3.12 bits per heavy atom. The molecule has 24 heavy (non-hydrogen) atoms. The number of H-pyrrole nitrogens is 1. The summed E-state index contributed by atoms with van der Waals surface area (Å²) < 4.78 is 2.43. The first-order valence-electron chi connectivity index (χ1n) is 7.64. The lowest BCUT2D eigenvalue weighted by Gasteiger charge is -2.17. The van der Waals surface area contributed by atoms with E-state index in [2.05, 4.69) is 20.4 Å². The lowest BCUT2D eigenvalue weighted by atomic mass is 10.4. The van der Waals surface area contributed by atoms with Gasteiger partial charge in [-0.15, -0.1) is 11.3 Å². The first kappa shape index (κ1) is 14.9. The molecule has 0 atom stereocenters. The fourth-order valence-electron chi connectivity index (χ4n) is 2.52. The number of hydrogen-bond donors (Lipinski definition) is 2. The van der Waals surface area contributed by atoms with E-state index in [-0.39, 0.29) is 18.1 Å². The minimum Gasteiger partial charge on any atom is -0.320 e. The van der Waals surface area contributed by atoms with Gasteiger partial charge >= 0.3 is 6.03 Å². The zero-order chi connectivity index (χ0) is 16.7. The standard InChI is InChI=1S/C15H16N6O2S/c1-20(8-11-17-10-5-7-24-13(10)14(22)18-11)15(23)19-12-4-6-16-21(12)9-2-3-9/h4-7,9H,2-3,8H2,1H3,(H,19,23)(H,17,18,22). The Hall–Kier alpha value is -2.68. The minimum absolute atomic E-state index is 0.175. The third-order valence-electron chi connectivity index (χ3n) is 3.90. The van der Waals surface area contributed by atoms with E-state index in [4.69, 9.17) is 0 Å². The van der Waals surface area contributed by atoms with Gasteiger partial charge in [-0.05, 0) is 24.3 Å². The molecule has 0 aliphatic heterocycles. The summed E-state index contributed by atoms with van der Waals surface area (Å²) in [6.07, 6.45) is 3.86. The van der Waals surface area contributed by atoms with Crippen LogP contribution in [0.25, 0.3) is 10.2 Å². The molecule has 0 aromatic carbocycles. The highest BCUT2D eigenvalue weighted by Gasteiger charge is 2.27. The third-order valence-corrected chi connectivity index (χ3v) is 4.80. The predicted molar refractivity (Wildman–Crippen MR) is 91.2 cm³/mol. The fourth-order valence-corrected chi connectivity index (χ4v) is 3.25. The molecule has 0 bridgehead atoms. The molecule has 4 rings (SSSR count). The van der Waals surface area contributed by atoms with Gasteiger partial charge in [0.2, 0.25) is 0 Å². The molecule has 124 valence electrons. The molecule has 1 aliphatic carbocycles. The molecule has 3 aromatic rings. The number of thiophene rings is 1. The SMILES string of the molecule is CN(Cc1nc2ccsc2c(=O)[nH]1)C(=O)Nc1ccnn1C1CC1. The number of rotatable bonds is 4. The average molecular weight is 344 g/mol. The van der Waals surface area contributed by atoms with E-state index in [1.54, 1.807) is 25.4 Å². The van der Waals surface area contributed by atoms with Gasteiger partial charge in [0.15, 0.2) is 0 Å². The van der Waals surface area contributed by atoms with Crippen molar-refractivity contribution in [1.82, 2.24) is 24.6 Å². The van der Waals surface area contributed by atoms with Crippen molar-refractivity contribution in [3.63, 3.8) is 0 Å². The van der Waals surface area contributed by atoms with Gasteiger partial charge in [0, 0.05) is 13.1 Å². The van der Waals surface area contributed by atoms with Crippen LogP contribution in [0.15, 0.2) is 28.5 Å². The van der Waals surface area contributed by atoms with Crippen LogP contribution >= 0.6 is 11.3 Å².